The highest BCUT2D eigenvalue weighted by Gasteiger charge is 2.36. The van der Waals surface area contributed by atoms with Crippen LogP contribution in [0.5, 0.6) is 0 Å². The van der Waals surface area contributed by atoms with E-state index in [0.717, 1.165) is 32.6 Å². The van der Waals surface area contributed by atoms with Crippen molar-refractivity contribution < 1.29 is 4.79 Å². The standard InChI is InChI=1S/C19H29N3O/c1-2-3-4-7-12-20-19(23)21-14-17(15-21)22-13-8-10-16-9-5-6-11-18(16)22/h5-6,9,11,17H,2-4,7-8,10,12-15H2,1H3,(H,20,23). The molecule has 4 heteroatoms. The summed E-state index contributed by atoms with van der Waals surface area (Å²) in [6, 6.07) is 9.31. The van der Waals surface area contributed by atoms with Crippen LogP contribution >= 0.6 is 0 Å². The fourth-order valence-corrected chi connectivity index (χ4v) is 3.62. The van der Waals surface area contributed by atoms with E-state index in [9.17, 15) is 4.79 Å². The molecule has 0 bridgehead atoms. The first kappa shape index (κ1) is 16.2. The summed E-state index contributed by atoms with van der Waals surface area (Å²) >= 11 is 0. The van der Waals surface area contributed by atoms with Crippen molar-refractivity contribution in [1.29, 1.82) is 0 Å². The Morgan fingerprint density at radius 3 is 2.87 bits per heavy atom. The number of para-hydroxylation sites is 1. The van der Waals surface area contributed by atoms with Crippen molar-refractivity contribution in [3.8, 4) is 0 Å². The van der Waals surface area contributed by atoms with Crippen molar-refractivity contribution in [2.75, 3.05) is 31.1 Å². The zero-order valence-corrected chi connectivity index (χ0v) is 14.3. The number of nitrogens with one attached hydrogen (secondary N) is 1. The highest BCUT2D eigenvalue weighted by Crippen LogP contribution is 2.31. The molecule has 2 aliphatic heterocycles. The van der Waals surface area contributed by atoms with E-state index in [1.807, 2.05) is 4.90 Å². The molecule has 0 saturated carbocycles. The molecule has 1 saturated heterocycles. The van der Waals surface area contributed by atoms with Crippen LogP contribution in [-0.2, 0) is 6.42 Å². The Morgan fingerprint density at radius 1 is 1.22 bits per heavy atom. The Bertz CT molecular complexity index is 525. The topological polar surface area (TPSA) is 35.6 Å². The van der Waals surface area contributed by atoms with E-state index in [2.05, 4.69) is 41.4 Å². The largest absolute Gasteiger partial charge is 0.365 e. The number of carbonyl (C=O) groups is 1. The van der Waals surface area contributed by atoms with Gasteiger partial charge in [0.2, 0.25) is 0 Å². The number of rotatable bonds is 6. The van der Waals surface area contributed by atoms with E-state index >= 15 is 0 Å². The van der Waals surface area contributed by atoms with Crippen LogP contribution in [0.15, 0.2) is 24.3 Å². The minimum absolute atomic E-state index is 0.114. The van der Waals surface area contributed by atoms with Crippen molar-refractivity contribution >= 4 is 11.7 Å². The number of urea groups is 1. The maximum absolute atomic E-state index is 12.1. The maximum Gasteiger partial charge on any atom is 0.317 e. The van der Waals surface area contributed by atoms with Gasteiger partial charge in [-0.05, 0) is 30.9 Å². The number of hydrogen-bond donors (Lipinski definition) is 1. The highest BCUT2D eigenvalue weighted by molar-refractivity contribution is 5.75. The monoisotopic (exact) mass is 315 g/mol. The number of benzene rings is 1. The molecule has 2 aliphatic rings. The van der Waals surface area contributed by atoms with Crippen molar-refractivity contribution in [2.24, 2.45) is 0 Å². The van der Waals surface area contributed by atoms with Crippen molar-refractivity contribution in [3.63, 3.8) is 0 Å². The van der Waals surface area contributed by atoms with Gasteiger partial charge < -0.3 is 15.1 Å². The summed E-state index contributed by atoms with van der Waals surface area (Å²) in [7, 11) is 0. The first-order valence-corrected chi connectivity index (χ1v) is 9.17. The number of aryl methyl sites for hydroxylation is 1. The van der Waals surface area contributed by atoms with Crippen molar-refractivity contribution in [2.45, 2.75) is 51.5 Å². The molecule has 2 amide bonds. The Morgan fingerprint density at radius 2 is 2.04 bits per heavy atom. The summed E-state index contributed by atoms with van der Waals surface area (Å²) in [5, 5.41) is 3.05. The molecular formula is C19H29N3O. The summed E-state index contributed by atoms with van der Waals surface area (Å²) in [6.07, 6.45) is 7.20. The van der Waals surface area contributed by atoms with Crippen LogP contribution in [0.1, 0.15) is 44.6 Å². The third-order valence-corrected chi connectivity index (χ3v) is 5.04. The number of hydrogen-bond acceptors (Lipinski definition) is 2. The van der Waals surface area contributed by atoms with Gasteiger partial charge in [-0.15, -0.1) is 0 Å². The highest BCUT2D eigenvalue weighted by atomic mass is 16.2. The SMILES string of the molecule is CCCCCCNC(=O)N1CC(N2CCCc3ccccc32)C1. The van der Waals surface area contributed by atoms with E-state index in [4.69, 9.17) is 0 Å². The van der Waals surface area contributed by atoms with Gasteiger partial charge in [0.1, 0.15) is 0 Å². The van der Waals surface area contributed by atoms with Crippen molar-refractivity contribution in [1.82, 2.24) is 10.2 Å². The number of likely N-dealkylation sites (tertiary alicyclic amines) is 1. The summed E-state index contributed by atoms with van der Waals surface area (Å²) in [4.78, 5) is 16.6. The van der Waals surface area contributed by atoms with Gasteiger partial charge >= 0.3 is 6.03 Å². The Kier molecular flexibility index (Phi) is 5.42. The third-order valence-electron chi connectivity index (χ3n) is 5.04. The Hall–Kier alpha value is -1.71. The smallest absolute Gasteiger partial charge is 0.317 e. The van der Waals surface area contributed by atoms with E-state index < -0.39 is 0 Å². The average molecular weight is 315 g/mol. The number of amides is 2. The molecule has 1 aromatic rings. The Labute approximate surface area is 139 Å². The molecule has 0 aromatic heterocycles. The lowest BCUT2D eigenvalue weighted by atomic mass is 9.97. The zero-order chi connectivity index (χ0) is 16.1. The predicted octanol–water partition coefficient (Wildman–Crippen LogP) is 3.41. The van der Waals surface area contributed by atoms with Gasteiger partial charge in [0.25, 0.3) is 0 Å². The summed E-state index contributed by atoms with van der Waals surface area (Å²) in [5.41, 5.74) is 2.83. The molecular weight excluding hydrogens is 286 g/mol. The molecule has 23 heavy (non-hydrogen) atoms. The quantitative estimate of drug-likeness (QED) is 0.817. The van der Waals surface area contributed by atoms with Gasteiger partial charge in [-0.1, -0.05) is 44.4 Å². The van der Waals surface area contributed by atoms with Crippen LogP contribution < -0.4 is 10.2 Å². The molecule has 0 unspecified atom stereocenters. The number of fused-ring (bicyclic) bond motifs is 1. The average Bonchev–Trinajstić information content (AvgIpc) is 2.53. The molecule has 0 spiro atoms. The second kappa shape index (κ2) is 7.71. The van der Waals surface area contributed by atoms with E-state index in [1.165, 1.54) is 43.4 Å². The van der Waals surface area contributed by atoms with Gasteiger partial charge in [-0.3, -0.25) is 0 Å². The van der Waals surface area contributed by atoms with Gasteiger partial charge in [0.05, 0.1) is 6.04 Å². The molecule has 3 rings (SSSR count). The lowest BCUT2D eigenvalue weighted by molar-refractivity contribution is 0.148. The molecule has 126 valence electrons. The fourth-order valence-electron chi connectivity index (χ4n) is 3.62. The number of carbonyl (C=O) groups excluding carboxylic acids is 1. The summed E-state index contributed by atoms with van der Waals surface area (Å²) in [6.45, 7) is 5.85. The van der Waals surface area contributed by atoms with Gasteiger partial charge in [-0.25, -0.2) is 4.79 Å². The number of unbranched alkanes of at least 4 members (excludes halogenated alkanes) is 3. The minimum atomic E-state index is 0.114. The van der Waals surface area contributed by atoms with E-state index in [0.29, 0.717) is 6.04 Å². The van der Waals surface area contributed by atoms with Crippen molar-refractivity contribution in [3.05, 3.63) is 29.8 Å². The van der Waals surface area contributed by atoms with Crippen LogP contribution in [0, 0.1) is 0 Å². The summed E-state index contributed by atoms with van der Waals surface area (Å²) in [5.74, 6) is 0. The normalized spacial score (nSPS) is 17.6. The predicted molar refractivity (Wildman–Crippen MR) is 95.0 cm³/mol. The molecule has 0 radical (unpaired) electrons. The number of anilines is 1. The minimum Gasteiger partial charge on any atom is -0.365 e. The second-order valence-corrected chi connectivity index (χ2v) is 6.78. The van der Waals surface area contributed by atoms with Crippen LogP contribution in [0.2, 0.25) is 0 Å². The molecule has 2 heterocycles. The van der Waals surface area contributed by atoms with E-state index in [-0.39, 0.29) is 6.03 Å². The van der Waals surface area contributed by atoms with Gasteiger partial charge in [0, 0.05) is 31.9 Å². The number of nitrogens with zero attached hydrogens (tertiary/aromatic N) is 2. The molecule has 1 fully saturated rings. The lowest BCUT2D eigenvalue weighted by Gasteiger charge is -2.48. The van der Waals surface area contributed by atoms with Crippen LogP contribution in [-0.4, -0.2) is 43.2 Å². The first-order chi connectivity index (χ1) is 11.3. The van der Waals surface area contributed by atoms with Crippen LogP contribution in [0.4, 0.5) is 10.5 Å². The van der Waals surface area contributed by atoms with Crippen LogP contribution in [0.3, 0.4) is 0 Å². The van der Waals surface area contributed by atoms with Crippen LogP contribution in [0.25, 0.3) is 0 Å². The Balaban J connectivity index is 1.44. The molecule has 1 N–H and O–H groups in total. The summed E-state index contributed by atoms with van der Waals surface area (Å²) < 4.78 is 0. The van der Waals surface area contributed by atoms with Gasteiger partial charge in [-0.2, -0.15) is 0 Å². The molecule has 4 nitrogen and oxygen atoms in total. The molecule has 0 atom stereocenters. The maximum atomic E-state index is 12.1. The van der Waals surface area contributed by atoms with Gasteiger partial charge in [0.15, 0.2) is 0 Å². The van der Waals surface area contributed by atoms with E-state index in [1.54, 1.807) is 0 Å². The molecule has 0 aliphatic carbocycles. The molecule has 1 aromatic carbocycles. The lowest BCUT2D eigenvalue weighted by Crippen LogP contribution is -2.63. The first-order valence-electron chi connectivity index (χ1n) is 9.17. The third kappa shape index (κ3) is 3.80. The second-order valence-electron chi connectivity index (χ2n) is 6.78. The zero-order valence-electron chi connectivity index (χ0n) is 14.3. The fraction of sp³-hybridized carbons (Fsp3) is 0.632.